The molecule has 0 aromatic heterocycles. The van der Waals surface area contributed by atoms with Gasteiger partial charge in [-0.2, -0.15) is 0 Å². The summed E-state index contributed by atoms with van der Waals surface area (Å²) in [7, 11) is 0. The topological polar surface area (TPSA) is 44.7 Å². The van der Waals surface area contributed by atoms with Gasteiger partial charge in [0.05, 0.1) is 19.3 Å². The van der Waals surface area contributed by atoms with Crippen LogP contribution in [0.3, 0.4) is 0 Å². The zero-order chi connectivity index (χ0) is 14.4. The molecule has 0 saturated carbocycles. The number of hydrogen-bond acceptors (Lipinski definition) is 4. The summed E-state index contributed by atoms with van der Waals surface area (Å²) in [5.41, 5.74) is 2.41. The molecule has 112 valence electrons. The third kappa shape index (κ3) is 3.72. The molecule has 4 nitrogen and oxygen atoms in total. The van der Waals surface area contributed by atoms with E-state index < -0.39 is 0 Å². The van der Waals surface area contributed by atoms with Crippen molar-refractivity contribution in [2.75, 3.05) is 39.4 Å². The molecule has 2 N–H and O–H groups in total. The molecule has 1 aliphatic rings. The summed E-state index contributed by atoms with van der Waals surface area (Å²) in [6.07, 6.45) is 0.973. The van der Waals surface area contributed by atoms with E-state index in [1.807, 2.05) is 6.07 Å². The fraction of sp³-hybridized carbons (Fsp3) is 0.625. The average molecular weight is 278 g/mol. The molecule has 1 heterocycles. The zero-order valence-electron chi connectivity index (χ0n) is 12.6. The molecule has 0 radical (unpaired) electrons. The molecule has 2 rings (SSSR count). The van der Waals surface area contributed by atoms with Gasteiger partial charge in [-0.15, -0.1) is 0 Å². The first-order valence-corrected chi connectivity index (χ1v) is 7.60. The van der Waals surface area contributed by atoms with E-state index in [2.05, 4.69) is 36.2 Å². The van der Waals surface area contributed by atoms with Crippen LogP contribution in [0.5, 0.6) is 5.75 Å². The van der Waals surface area contributed by atoms with Gasteiger partial charge in [0.2, 0.25) is 0 Å². The Balaban J connectivity index is 1.91. The van der Waals surface area contributed by atoms with Crippen molar-refractivity contribution in [3.8, 4) is 5.75 Å². The average Bonchev–Trinajstić information content (AvgIpc) is 2.95. The summed E-state index contributed by atoms with van der Waals surface area (Å²) in [5.74, 6) is 0.994. The minimum absolute atomic E-state index is 0.0106. The highest BCUT2D eigenvalue weighted by Crippen LogP contribution is 2.28. The first-order chi connectivity index (χ1) is 9.78. The van der Waals surface area contributed by atoms with Gasteiger partial charge in [-0.3, -0.25) is 0 Å². The van der Waals surface area contributed by atoms with Crippen LogP contribution in [0.15, 0.2) is 18.2 Å². The summed E-state index contributed by atoms with van der Waals surface area (Å²) in [5, 5.41) is 13.0. The van der Waals surface area contributed by atoms with E-state index >= 15 is 0 Å². The van der Waals surface area contributed by atoms with Crippen molar-refractivity contribution < 1.29 is 9.84 Å². The van der Waals surface area contributed by atoms with E-state index in [-0.39, 0.29) is 12.6 Å². The van der Waals surface area contributed by atoms with Gasteiger partial charge in [-0.25, -0.2) is 0 Å². The Kier molecular flexibility index (Phi) is 5.83. The number of rotatable bonds is 8. The number of benzene rings is 1. The first-order valence-electron chi connectivity index (χ1n) is 7.60. The van der Waals surface area contributed by atoms with Crippen LogP contribution in [0.25, 0.3) is 0 Å². The predicted molar refractivity (Wildman–Crippen MR) is 81.3 cm³/mol. The molecule has 0 bridgehead atoms. The van der Waals surface area contributed by atoms with Gasteiger partial charge in [-0.1, -0.05) is 26.0 Å². The van der Waals surface area contributed by atoms with Crippen LogP contribution in [0.1, 0.15) is 31.0 Å². The van der Waals surface area contributed by atoms with Crippen molar-refractivity contribution in [1.29, 1.82) is 0 Å². The molecule has 1 aromatic carbocycles. The molecule has 1 atom stereocenters. The van der Waals surface area contributed by atoms with Gasteiger partial charge < -0.3 is 20.1 Å². The summed E-state index contributed by atoms with van der Waals surface area (Å²) >= 11 is 0. The van der Waals surface area contributed by atoms with Crippen molar-refractivity contribution in [1.82, 2.24) is 10.2 Å². The van der Waals surface area contributed by atoms with E-state index in [4.69, 9.17) is 4.74 Å². The molecule has 1 unspecified atom stereocenters. The summed E-state index contributed by atoms with van der Waals surface area (Å²) in [6, 6.07) is 6.24. The number of nitrogens with zero attached hydrogens (tertiary/aromatic N) is 1. The minimum atomic E-state index is 0.0106. The van der Waals surface area contributed by atoms with Crippen LogP contribution in [-0.2, 0) is 6.42 Å². The molecule has 0 spiro atoms. The standard InChI is InChI=1S/C16H26N2O2/c1-3-18(4-2)9-8-17-15(12-19)13-5-6-16-14(11-13)7-10-20-16/h5-6,11,15,17,19H,3-4,7-10,12H2,1-2H3. The van der Waals surface area contributed by atoms with Gasteiger partial charge in [0, 0.05) is 19.5 Å². The lowest BCUT2D eigenvalue weighted by atomic mass is 10.0. The summed E-state index contributed by atoms with van der Waals surface area (Å²) < 4.78 is 5.52. The number of aliphatic hydroxyl groups is 1. The molecule has 4 heteroatoms. The van der Waals surface area contributed by atoms with Gasteiger partial charge >= 0.3 is 0 Å². The van der Waals surface area contributed by atoms with Crippen LogP contribution in [0, 0.1) is 0 Å². The lowest BCUT2D eigenvalue weighted by Gasteiger charge is -2.22. The van der Waals surface area contributed by atoms with Crippen molar-refractivity contribution in [2.45, 2.75) is 26.3 Å². The molecular formula is C16H26N2O2. The maximum atomic E-state index is 9.60. The van der Waals surface area contributed by atoms with E-state index in [0.717, 1.165) is 50.5 Å². The third-order valence-corrected chi connectivity index (χ3v) is 4.01. The maximum absolute atomic E-state index is 9.60. The highest BCUT2D eigenvalue weighted by atomic mass is 16.5. The van der Waals surface area contributed by atoms with E-state index in [1.165, 1.54) is 5.56 Å². The summed E-state index contributed by atoms with van der Waals surface area (Å²) in [4.78, 5) is 2.37. The van der Waals surface area contributed by atoms with Crippen molar-refractivity contribution in [3.63, 3.8) is 0 Å². The second kappa shape index (κ2) is 7.62. The SMILES string of the molecule is CCN(CC)CCNC(CO)c1ccc2c(c1)CCO2. The largest absolute Gasteiger partial charge is 0.493 e. The fourth-order valence-corrected chi connectivity index (χ4v) is 2.65. The Morgan fingerprint density at radius 1 is 1.35 bits per heavy atom. The Hall–Kier alpha value is -1.10. The Morgan fingerprint density at radius 2 is 2.15 bits per heavy atom. The predicted octanol–water partition coefficient (Wildman–Crippen LogP) is 1.59. The quantitative estimate of drug-likeness (QED) is 0.758. The second-order valence-corrected chi connectivity index (χ2v) is 5.18. The number of fused-ring (bicyclic) bond motifs is 1. The highest BCUT2D eigenvalue weighted by molar-refractivity contribution is 5.40. The lowest BCUT2D eigenvalue weighted by molar-refractivity contribution is 0.233. The van der Waals surface area contributed by atoms with Crippen LogP contribution in [-0.4, -0.2) is 49.4 Å². The minimum Gasteiger partial charge on any atom is -0.493 e. The van der Waals surface area contributed by atoms with Crippen LogP contribution in [0.2, 0.25) is 0 Å². The number of likely N-dealkylation sites (N-methyl/N-ethyl adjacent to an activating group) is 1. The van der Waals surface area contributed by atoms with Crippen molar-refractivity contribution >= 4 is 0 Å². The Labute approximate surface area is 121 Å². The van der Waals surface area contributed by atoms with Crippen LogP contribution in [0.4, 0.5) is 0 Å². The van der Waals surface area contributed by atoms with Gasteiger partial charge in [-0.05, 0) is 30.3 Å². The fourth-order valence-electron chi connectivity index (χ4n) is 2.65. The highest BCUT2D eigenvalue weighted by Gasteiger charge is 2.16. The Bertz CT molecular complexity index is 419. The number of hydrogen-bond donors (Lipinski definition) is 2. The molecule has 1 aromatic rings. The van der Waals surface area contributed by atoms with Crippen molar-refractivity contribution in [2.24, 2.45) is 0 Å². The first kappa shape index (κ1) is 15.3. The third-order valence-electron chi connectivity index (χ3n) is 4.01. The maximum Gasteiger partial charge on any atom is 0.122 e. The van der Waals surface area contributed by atoms with Crippen molar-refractivity contribution in [3.05, 3.63) is 29.3 Å². The number of ether oxygens (including phenoxy) is 1. The molecular weight excluding hydrogens is 252 g/mol. The van der Waals surface area contributed by atoms with Crippen LogP contribution < -0.4 is 10.1 Å². The molecule has 0 fully saturated rings. The molecule has 0 saturated heterocycles. The smallest absolute Gasteiger partial charge is 0.122 e. The van der Waals surface area contributed by atoms with Gasteiger partial charge in [0.1, 0.15) is 5.75 Å². The molecule has 1 aliphatic heterocycles. The second-order valence-electron chi connectivity index (χ2n) is 5.18. The molecule has 20 heavy (non-hydrogen) atoms. The van der Waals surface area contributed by atoms with E-state index in [1.54, 1.807) is 0 Å². The number of nitrogens with one attached hydrogen (secondary N) is 1. The monoisotopic (exact) mass is 278 g/mol. The molecule has 0 amide bonds. The van der Waals surface area contributed by atoms with E-state index in [9.17, 15) is 5.11 Å². The van der Waals surface area contributed by atoms with Gasteiger partial charge in [0.25, 0.3) is 0 Å². The lowest BCUT2D eigenvalue weighted by Crippen LogP contribution is -2.34. The van der Waals surface area contributed by atoms with Crippen LogP contribution >= 0.6 is 0 Å². The summed E-state index contributed by atoms with van der Waals surface area (Å²) in [6.45, 7) is 9.28. The Morgan fingerprint density at radius 3 is 2.85 bits per heavy atom. The molecule has 0 aliphatic carbocycles. The number of aliphatic hydroxyl groups excluding tert-OH is 1. The van der Waals surface area contributed by atoms with Gasteiger partial charge in [0.15, 0.2) is 0 Å². The van der Waals surface area contributed by atoms with E-state index in [0.29, 0.717) is 0 Å². The normalized spacial score (nSPS) is 15.2. The zero-order valence-corrected chi connectivity index (χ0v) is 12.6.